The Bertz CT molecular complexity index is 1320. The zero-order valence-corrected chi connectivity index (χ0v) is 28.2. The van der Waals surface area contributed by atoms with Gasteiger partial charge in [0.1, 0.15) is 13.1 Å². The zero-order valence-electron chi connectivity index (χ0n) is 28.2. The molecule has 5 heterocycles. The van der Waals surface area contributed by atoms with Crippen LogP contribution in [0.5, 0.6) is 0 Å². The number of fused-ring (bicyclic) bond motifs is 2. The van der Waals surface area contributed by atoms with E-state index in [1.165, 1.54) is 32.3 Å². The molecule has 0 aromatic carbocycles. The fourth-order valence-corrected chi connectivity index (χ4v) is 5.67. The van der Waals surface area contributed by atoms with Gasteiger partial charge < -0.3 is 37.9 Å². The van der Waals surface area contributed by atoms with Gasteiger partial charge in [0.05, 0.1) is 78.8 Å². The van der Waals surface area contributed by atoms with Crippen molar-refractivity contribution in [1.82, 2.24) is 38.7 Å². The Morgan fingerprint density at radius 1 is 0.542 bits per heavy atom. The number of ether oxygens (including phenoxy) is 4. The van der Waals surface area contributed by atoms with Gasteiger partial charge in [-0.2, -0.15) is 0 Å². The highest BCUT2D eigenvalue weighted by molar-refractivity contribution is 6.08. The van der Waals surface area contributed by atoms with Gasteiger partial charge in [0.25, 0.3) is 11.8 Å². The second-order valence-electron chi connectivity index (χ2n) is 11.9. The van der Waals surface area contributed by atoms with E-state index < -0.39 is 0 Å². The van der Waals surface area contributed by atoms with Crippen molar-refractivity contribution >= 4 is 35.3 Å². The molecule has 0 bridgehead atoms. The van der Waals surface area contributed by atoms with Gasteiger partial charge in [-0.25, -0.2) is 9.97 Å². The highest BCUT2D eigenvalue weighted by Gasteiger charge is 2.35. The molecule has 0 atom stereocenters. The van der Waals surface area contributed by atoms with Gasteiger partial charge in [0.2, 0.25) is 11.8 Å². The van der Waals surface area contributed by atoms with Gasteiger partial charge in [-0.05, 0) is 0 Å². The van der Waals surface area contributed by atoms with Crippen molar-refractivity contribution < 1.29 is 38.1 Å². The molecular weight excluding hydrogens is 628 g/mol. The Hall–Kier alpha value is -3.94. The van der Waals surface area contributed by atoms with Gasteiger partial charge in [0.15, 0.2) is 23.0 Å². The molecule has 18 nitrogen and oxygen atoms in total. The summed E-state index contributed by atoms with van der Waals surface area (Å²) < 4.78 is 26.7. The van der Waals surface area contributed by atoms with E-state index in [9.17, 15) is 19.2 Å². The number of carbonyl (C=O) groups is 4. The Morgan fingerprint density at radius 2 is 0.875 bits per heavy atom. The van der Waals surface area contributed by atoms with Crippen LogP contribution in [-0.2, 0) is 42.6 Å². The normalized spacial score (nSPS) is 21.1. The van der Waals surface area contributed by atoms with E-state index in [2.05, 4.69) is 9.97 Å². The topological polar surface area (TPSA) is 160 Å². The van der Waals surface area contributed by atoms with Crippen molar-refractivity contribution in [2.24, 2.45) is 14.1 Å². The minimum absolute atomic E-state index is 0.0632. The first-order valence-electron chi connectivity index (χ1n) is 16.1. The van der Waals surface area contributed by atoms with Crippen LogP contribution >= 0.6 is 0 Å². The summed E-state index contributed by atoms with van der Waals surface area (Å²) >= 11 is 0. The third-order valence-corrected chi connectivity index (χ3v) is 8.54. The standard InChI is InChI=1S/C30H46N10O8/c1-33-19-31-27-25(33)29(43)39(17-23(41)35(27)3)21-37-5-9-45-13-15-47-11-7-38(8-12-48-16-14-46-10-6-37)22-40-18-24(42)36(4)28-26(30(40)44)34(2)20-32-28/h19-20H,5-18,21-22H2,1-4H3. The molecular formula is C30H46N10O8. The molecule has 3 aliphatic rings. The summed E-state index contributed by atoms with van der Waals surface area (Å²) in [6, 6.07) is 0. The van der Waals surface area contributed by atoms with Crippen LogP contribution in [0.1, 0.15) is 21.0 Å². The summed E-state index contributed by atoms with van der Waals surface area (Å²) in [6.45, 7) is 5.39. The average molecular weight is 675 g/mol. The first-order valence-corrected chi connectivity index (χ1v) is 16.1. The number of aromatic nitrogens is 4. The van der Waals surface area contributed by atoms with Crippen molar-refractivity contribution in [1.29, 1.82) is 0 Å². The van der Waals surface area contributed by atoms with Crippen molar-refractivity contribution in [3.63, 3.8) is 0 Å². The number of anilines is 2. The van der Waals surface area contributed by atoms with E-state index in [1.807, 2.05) is 9.80 Å². The predicted molar refractivity (Wildman–Crippen MR) is 171 cm³/mol. The maximum absolute atomic E-state index is 13.4. The number of carbonyl (C=O) groups excluding carboxylic acids is 4. The Morgan fingerprint density at radius 3 is 1.21 bits per heavy atom. The van der Waals surface area contributed by atoms with Crippen LogP contribution in [0.3, 0.4) is 0 Å². The van der Waals surface area contributed by atoms with Gasteiger partial charge in [-0.3, -0.25) is 38.8 Å². The number of amides is 4. The molecule has 5 rings (SSSR count). The zero-order chi connectivity index (χ0) is 34.2. The lowest BCUT2D eigenvalue weighted by Crippen LogP contribution is -2.47. The number of rotatable bonds is 4. The van der Waals surface area contributed by atoms with Crippen molar-refractivity contribution in [3.05, 3.63) is 24.0 Å². The van der Waals surface area contributed by atoms with Crippen molar-refractivity contribution in [2.45, 2.75) is 0 Å². The molecule has 1 fully saturated rings. The van der Waals surface area contributed by atoms with Gasteiger partial charge >= 0.3 is 0 Å². The molecule has 264 valence electrons. The molecule has 0 aliphatic carbocycles. The quantitative estimate of drug-likeness (QED) is 0.362. The molecule has 18 heteroatoms. The molecule has 2 aromatic heterocycles. The van der Waals surface area contributed by atoms with Crippen molar-refractivity contribution in [2.75, 3.05) is 129 Å². The van der Waals surface area contributed by atoms with E-state index in [0.29, 0.717) is 102 Å². The fraction of sp³-hybridized carbons (Fsp3) is 0.667. The summed E-state index contributed by atoms with van der Waals surface area (Å²) in [5.74, 6) is -0.257. The maximum atomic E-state index is 13.4. The van der Waals surface area contributed by atoms with Crippen LogP contribution in [0.4, 0.5) is 11.6 Å². The Labute approximate surface area is 279 Å². The smallest absolute Gasteiger partial charge is 0.275 e. The third kappa shape index (κ3) is 8.37. The van der Waals surface area contributed by atoms with E-state index in [-0.39, 0.29) is 50.1 Å². The SMILES string of the molecule is CN1C(=O)CN(CN2CCOCCOCCN(CN3CC(=O)N(C)c4ncn(C)c4C3=O)CCOCCOCC2)C(=O)c2c1ncn2C. The number of hydrogen-bond acceptors (Lipinski definition) is 12. The largest absolute Gasteiger partial charge is 0.378 e. The lowest BCUT2D eigenvalue weighted by atomic mass is 10.3. The second-order valence-corrected chi connectivity index (χ2v) is 11.9. The summed E-state index contributed by atoms with van der Waals surface area (Å²) in [6.07, 6.45) is 3.07. The summed E-state index contributed by atoms with van der Waals surface area (Å²) in [7, 11) is 6.72. The van der Waals surface area contributed by atoms with Crippen LogP contribution < -0.4 is 9.80 Å². The second kappa shape index (κ2) is 16.4. The van der Waals surface area contributed by atoms with Crippen LogP contribution in [-0.4, -0.2) is 182 Å². The monoisotopic (exact) mass is 674 g/mol. The van der Waals surface area contributed by atoms with E-state index in [1.54, 1.807) is 37.3 Å². The summed E-state index contributed by atoms with van der Waals surface area (Å²) in [4.78, 5) is 71.0. The van der Waals surface area contributed by atoms with E-state index in [0.717, 1.165) is 0 Å². The van der Waals surface area contributed by atoms with Crippen LogP contribution in [0.15, 0.2) is 12.7 Å². The number of aryl methyl sites for hydroxylation is 2. The lowest BCUT2D eigenvalue weighted by Gasteiger charge is -2.30. The minimum Gasteiger partial charge on any atom is -0.378 e. The van der Waals surface area contributed by atoms with Gasteiger partial charge in [-0.15, -0.1) is 0 Å². The Kier molecular flexibility index (Phi) is 12.1. The van der Waals surface area contributed by atoms with Gasteiger partial charge in [0, 0.05) is 54.4 Å². The number of nitrogens with zero attached hydrogens (tertiary/aromatic N) is 10. The van der Waals surface area contributed by atoms with Crippen LogP contribution in [0.2, 0.25) is 0 Å². The molecule has 3 aliphatic heterocycles. The number of hydrogen-bond donors (Lipinski definition) is 0. The molecule has 0 N–H and O–H groups in total. The summed E-state index contributed by atoms with van der Waals surface area (Å²) in [5, 5.41) is 0. The van der Waals surface area contributed by atoms with Crippen LogP contribution in [0.25, 0.3) is 0 Å². The lowest BCUT2D eigenvalue weighted by molar-refractivity contribution is -0.120. The molecule has 0 spiro atoms. The highest BCUT2D eigenvalue weighted by atomic mass is 16.5. The average Bonchev–Trinajstić information content (AvgIpc) is 3.61. The number of likely N-dealkylation sites (N-methyl/N-ethyl adjacent to an activating group) is 2. The molecule has 0 saturated carbocycles. The predicted octanol–water partition coefficient (Wildman–Crippen LogP) is -1.71. The third-order valence-electron chi connectivity index (χ3n) is 8.54. The molecule has 0 unspecified atom stereocenters. The molecule has 48 heavy (non-hydrogen) atoms. The van der Waals surface area contributed by atoms with Crippen molar-refractivity contribution in [3.8, 4) is 0 Å². The van der Waals surface area contributed by atoms with E-state index in [4.69, 9.17) is 18.9 Å². The fourth-order valence-electron chi connectivity index (χ4n) is 5.67. The molecule has 4 amide bonds. The molecule has 1 saturated heterocycles. The first-order chi connectivity index (χ1) is 23.2. The highest BCUT2D eigenvalue weighted by Crippen LogP contribution is 2.24. The van der Waals surface area contributed by atoms with Crippen LogP contribution in [0, 0.1) is 0 Å². The minimum atomic E-state index is -0.263. The number of imidazole rings is 2. The molecule has 0 radical (unpaired) electrons. The summed E-state index contributed by atoms with van der Waals surface area (Å²) in [5.41, 5.74) is 0.735. The Balaban J connectivity index is 1.14. The van der Waals surface area contributed by atoms with E-state index >= 15 is 0 Å². The maximum Gasteiger partial charge on any atom is 0.275 e. The molecule has 2 aromatic rings. The first kappa shape index (κ1) is 35.4. The van der Waals surface area contributed by atoms with Gasteiger partial charge in [-0.1, -0.05) is 0 Å².